The van der Waals surface area contributed by atoms with Crippen molar-refractivity contribution in [2.24, 2.45) is 0 Å². The van der Waals surface area contributed by atoms with Crippen LogP contribution in [0, 0.1) is 0 Å². The number of carbonyl (C=O) groups excluding carboxylic acids is 4. The van der Waals surface area contributed by atoms with E-state index in [1.807, 2.05) is 0 Å². The van der Waals surface area contributed by atoms with E-state index in [9.17, 15) is 19.2 Å². The molecule has 0 spiro atoms. The van der Waals surface area contributed by atoms with Gasteiger partial charge in [-0.3, -0.25) is 19.2 Å². The molecule has 1 heterocycles. The van der Waals surface area contributed by atoms with Crippen molar-refractivity contribution in [2.45, 2.75) is 6.92 Å². The Bertz CT molecular complexity index is 621. The van der Waals surface area contributed by atoms with Crippen LogP contribution in [0.4, 0.5) is 11.4 Å². The van der Waals surface area contributed by atoms with Crippen LogP contribution < -0.4 is 10.6 Å². The molecular formula is C15H18N4O4. The molecule has 0 aromatic heterocycles. The number of hydrogen-bond acceptors (Lipinski definition) is 5. The summed E-state index contributed by atoms with van der Waals surface area (Å²) in [5.74, 6) is -2.23. The molecule has 1 aromatic rings. The van der Waals surface area contributed by atoms with E-state index in [-0.39, 0.29) is 18.8 Å². The first-order chi connectivity index (χ1) is 10.9. The van der Waals surface area contributed by atoms with Crippen LogP contribution in [0.3, 0.4) is 0 Å². The lowest BCUT2D eigenvalue weighted by atomic mass is 10.2. The number of anilines is 2. The van der Waals surface area contributed by atoms with E-state index in [1.165, 1.54) is 28.9 Å². The molecule has 0 saturated carbocycles. The third-order valence-corrected chi connectivity index (χ3v) is 3.60. The summed E-state index contributed by atoms with van der Waals surface area (Å²) in [5.41, 5.74) is 6.36. The monoisotopic (exact) mass is 318 g/mol. The molecule has 1 saturated heterocycles. The van der Waals surface area contributed by atoms with Gasteiger partial charge in [0, 0.05) is 38.8 Å². The Balaban J connectivity index is 2.15. The normalized spacial score (nSPS) is 14.3. The zero-order valence-electron chi connectivity index (χ0n) is 12.8. The van der Waals surface area contributed by atoms with Gasteiger partial charge in [-0.2, -0.15) is 0 Å². The predicted molar refractivity (Wildman–Crippen MR) is 83.2 cm³/mol. The number of rotatable bonds is 2. The second-order valence-electron chi connectivity index (χ2n) is 5.18. The molecular weight excluding hydrogens is 300 g/mol. The van der Waals surface area contributed by atoms with Crippen molar-refractivity contribution in [3.8, 4) is 0 Å². The molecule has 4 amide bonds. The van der Waals surface area contributed by atoms with Crippen molar-refractivity contribution >= 4 is 35.5 Å². The maximum absolute atomic E-state index is 12.4. The van der Waals surface area contributed by atoms with Gasteiger partial charge >= 0.3 is 11.8 Å². The van der Waals surface area contributed by atoms with E-state index in [0.717, 1.165) is 4.90 Å². The van der Waals surface area contributed by atoms with E-state index < -0.39 is 17.7 Å². The van der Waals surface area contributed by atoms with Crippen molar-refractivity contribution in [1.29, 1.82) is 0 Å². The fourth-order valence-corrected chi connectivity index (χ4v) is 2.33. The van der Waals surface area contributed by atoms with Crippen molar-refractivity contribution in [2.75, 3.05) is 36.8 Å². The summed E-state index contributed by atoms with van der Waals surface area (Å²) in [6.45, 7) is 2.47. The maximum Gasteiger partial charge on any atom is 0.323 e. The molecule has 0 bridgehead atoms. The zero-order chi connectivity index (χ0) is 17.0. The standard InChI is InChI=1S/C15H18N4O4/c1-11(21)19(13-4-2-12(16)3-5-13)15(23)14(22)18-8-6-17(10-20)7-9-18/h2-5,10H,6-9,16H2,1H3. The summed E-state index contributed by atoms with van der Waals surface area (Å²) < 4.78 is 0. The van der Waals surface area contributed by atoms with Gasteiger partial charge in [-0.25, -0.2) is 4.90 Å². The fourth-order valence-electron chi connectivity index (χ4n) is 2.33. The van der Waals surface area contributed by atoms with E-state index in [1.54, 1.807) is 12.1 Å². The Kier molecular flexibility index (Phi) is 4.95. The number of amides is 4. The van der Waals surface area contributed by atoms with Crippen LogP contribution in [0.1, 0.15) is 6.92 Å². The Hall–Kier alpha value is -2.90. The fraction of sp³-hybridized carbons (Fsp3) is 0.333. The van der Waals surface area contributed by atoms with Crippen LogP contribution in [0.2, 0.25) is 0 Å². The number of nitrogen functional groups attached to an aromatic ring is 1. The van der Waals surface area contributed by atoms with Crippen molar-refractivity contribution in [3.63, 3.8) is 0 Å². The Morgan fingerprint density at radius 1 is 1.09 bits per heavy atom. The third-order valence-electron chi connectivity index (χ3n) is 3.60. The average Bonchev–Trinajstić information content (AvgIpc) is 2.56. The summed E-state index contributed by atoms with van der Waals surface area (Å²) >= 11 is 0. The second kappa shape index (κ2) is 6.91. The van der Waals surface area contributed by atoms with Gasteiger partial charge in [0.2, 0.25) is 12.3 Å². The Labute approximate surface area is 133 Å². The molecule has 0 radical (unpaired) electrons. The van der Waals surface area contributed by atoms with Gasteiger partial charge in [0.15, 0.2) is 0 Å². The molecule has 0 unspecified atom stereocenters. The quantitative estimate of drug-likeness (QED) is 0.447. The minimum absolute atomic E-state index is 0.261. The van der Waals surface area contributed by atoms with E-state index in [2.05, 4.69) is 0 Å². The average molecular weight is 318 g/mol. The first-order valence-corrected chi connectivity index (χ1v) is 7.13. The molecule has 0 atom stereocenters. The number of hydrogen-bond donors (Lipinski definition) is 1. The summed E-state index contributed by atoms with van der Waals surface area (Å²) in [5, 5.41) is 0. The number of imide groups is 1. The molecule has 23 heavy (non-hydrogen) atoms. The highest BCUT2D eigenvalue weighted by Gasteiger charge is 2.32. The molecule has 8 nitrogen and oxygen atoms in total. The lowest BCUT2D eigenvalue weighted by molar-refractivity contribution is -0.147. The third kappa shape index (κ3) is 3.65. The number of nitrogens with two attached hydrogens (primary N) is 1. The van der Waals surface area contributed by atoms with Crippen LogP contribution in [-0.2, 0) is 19.2 Å². The molecule has 1 aliphatic rings. The first kappa shape index (κ1) is 16.5. The first-order valence-electron chi connectivity index (χ1n) is 7.13. The summed E-state index contributed by atoms with van der Waals surface area (Å²) in [4.78, 5) is 50.9. The van der Waals surface area contributed by atoms with Gasteiger partial charge in [0.05, 0.1) is 5.69 Å². The van der Waals surface area contributed by atoms with Crippen LogP contribution >= 0.6 is 0 Å². The maximum atomic E-state index is 12.4. The van der Waals surface area contributed by atoms with Crippen LogP contribution in [0.15, 0.2) is 24.3 Å². The molecule has 1 fully saturated rings. The van der Waals surface area contributed by atoms with Gasteiger partial charge in [0.25, 0.3) is 0 Å². The highest BCUT2D eigenvalue weighted by atomic mass is 16.2. The zero-order valence-corrected chi connectivity index (χ0v) is 12.8. The van der Waals surface area contributed by atoms with Gasteiger partial charge in [0.1, 0.15) is 0 Å². The SMILES string of the molecule is CC(=O)N(C(=O)C(=O)N1CCN(C=O)CC1)c1ccc(N)cc1. The van der Waals surface area contributed by atoms with Crippen LogP contribution in [-0.4, -0.2) is 60.1 Å². The summed E-state index contributed by atoms with van der Waals surface area (Å²) in [6, 6.07) is 6.11. The van der Waals surface area contributed by atoms with Gasteiger partial charge in [-0.1, -0.05) is 0 Å². The smallest absolute Gasteiger partial charge is 0.323 e. The lowest BCUT2D eigenvalue weighted by Crippen LogP contribution is -2.53. The minimum atomic E-state index is -0.915. The predicted octanol–water partition coefficient (Wildman–Crippen LogP) is -0.551. The number of benzene rings is 1. The molecule has 2 rings (SSSR count). The van der Waals surface area contributed by atoms with E-state index >= 15 is 0 Å². The number of nitrogens with zero attached hydrogens (tertiary/aromatic N) is 3. The largest absolute Gasteiger partial charge is 0.399 e. The number of piperazine rings is 1. The van der Waals surface area contributed by atoms with Crippen LogP contribution in [0.25, 0.3) is 0 Å². The van der Waals surface area contributed by atoms with Crippen molar-refractivity contribution < 1.29 is 19.2 Å². The molecule has 8 heteroatoms. The summed E-state index contributed by atoms with van der Waals surface area (Å²) in [7, 11) is 0. The summed E-state index contributed by atoms with van der Waals surface area (Å²) in [6.07, 6.45) is 0.708. The van der Waals surface area contributed by atoms with E-state index in [0.29, 0.717) is 25.2 Å². The van der Waals surface area contributed by atoms with Crippen molar-refractivity contribution in [1.82, 2.24) is 9.80 Å². The molecule has 0 aliphatic carbocycles. The molecule has 1 aliphatic heterocycles. The van der Waals surface area contributed by atoms with Crippen LogP contribution in [0.5, 0.6) is 0 Å². The number of carbonyl (C=O) groups is 4. The molecule has 2 N–H and O–H groups in total. The topological polar surface area (TPSA) is 104 Å². The minimum Gasteiger partial charge on any atom is -0.399 e. The van der Waals surface area contributed by atoms with E-state index in [4.69, 9.17) is 5.73 Å². The highest BCUT2D eigenvalue weighted by Crippen LogP contribution is 2.17. The second-order valence-corrected chi connectivity index (χ2v) is 5.18. The molecule has 1 aromatic carbocycles. The highest BCUT2D eigenvalue weighted by molar-refractivity contribution is 6.45. The van der Waals surface area contributed by atoms with Crippen molar-refractivity contribution in [3.05, 3.63) is 24.3 Å². The lowest BCUT2D eigenvalue weighted by Gasteiger charge is -2.33. The van der Waals surface area contributed by atoms with Gasteiger partial charge in [-0.15, -0.1) is 0 Å². The van der Waals surface area contributed by atoms with Gasteiger partial charge < -0.3 is 15.5 Å². The Morgan fingerprint density at radius 3 is 2.13 bits per heavy atom. The molecule has 122 valence electrons. The van der Waals surface area contributed by atoms with Gasteiger partial charge in [-0.05, 0) is 24.3 Å². The Morgan fingerprint density at radius 2 is 1.65 bits per heavy atom.